The molecule has 0 atom stereocenters. The van der Waals surface area contributed by atoms with E-state index in [1.54, 1.807) is 11.8 Å². The van der Waals surface area contributed by atoms with Gasteiger partial charge in [-0.15, -0.1) is 11.3 Å². The van der Waals surface area contributed by atoms with Gasteiger partial charge in [0.2, 0.25) is 0 Å². The number of hydrogen-bond acceptors (Lipinski definition) is 5. The van der Waals surface area contributed by atoms with E-state index in [0.29, 0.717) is 41.7 Å². The van der Waals surface area contributed by atoms with Gasteiger partial charge in [-0.3, -0.25) is 9.59 Å². The number of nitrogens with zero attached hydrogens (tertiary/aromatic N) is 3. The minimum Gasteiger partial charge on any atom is -0.332 e. The molecule has 5 nitrogen and oxygen atoms in total. The molecular weight excluding hydrogens is 450 g/mol. The third-order valence-corrected chi connectivity index (χ3v) is 8.01. The topological polar surface area (TPSA) is 55.2 Å². The molecule has 0 spiro atoms. The number of thiazole rings is 1. The molecule has 5 rings (SSSR count). The van der Waals surface area contributed by atoms with Crippen molar-refractivity contribution >= 4 is 40.6 Å². The number of carbonyl (C=O) groups is 1. The van der Waals surface area contributed by atoms with Crippen molar-refractivity contribution in [3.63, 3.8) is 0 Å². The number of rotatable bonds is 5. The summed E-state index contributed by atoms with van der Waals surface area (Å²) in [5, 5.41) is 2.43. The van der Waals surface area contributed by atoms with E-state index in [1.807, 2.05) is 51.4 Å². The molecule has 160 valence electrons. The smallest absolute Gasteiger partial charge is 0.273 e. The zero-order valence-electron chi connectivity index (χ0n) is 17.1. The first-order valence-corrected chi connectivity index (χ1v) is 12.8. The van der Waals surface area contributed by atoms with Crippen LogP contribution < -0.4 is 5.56 Å². The van der Waals surface area contributed by atoms with E-state index in [4.69, 9.17) is 11.6 Å². The van der Waals surface area contributed by atoms with E-state index >= 15 is 0 Å². The third kappa shape index (κ3) is 4.19. The Morgan fingerprint density at radius 1 is 1.32 bits per heavy atom. The quantitative estimate of drug-likeness (QED) is 0.494. The van der Waals surface area contributed by atoms with Gasteiger partial charge in [0.05, 0.1) is 0 Å². The molecular formula is C23H22ClN3O2S2. The number of thioether (sulfide) groups is 1. The van der Waals surface area contributed by atoms with Gasteiger partial charge in [0.15, 0.2) is 0 Å². The lowest BCUT2D eigenvalue weighted by Gasteiger charge is -2.31. The Labute approximate surface area is 194 Å². The fraction of sp³-hybridized carbons (Fsp3) is 0.348. The van der Waals surface area contributed by atoms with Gasteiger partial charge in [-0.05, 0) is 54.3 Å². The zero-order valence-corrected chi connectivity index (χ0v) is 19.5. The molecule has 1 saturated carbocycles. The first-order chi connectivity index (χ1) is 15.0. The fourth-order valence-electron chi connectivity index (χ4n) is 4.12. The van der Waals surface area contributed by atoms with Gasteiger partial charge < -0.3 is 9.47 Å². The van der Waals surface area contributed by atoms with Gasteiger partial charge in [0, 0.05) is 47.7 Å². The zero-order chi connectivity index (χ0) is 21.5. The Bertz CT molecular complexity index is 1220. The SMILES string of the molecule is CSc1nc(C(=O)N2CCc3c(cc(-c4cccc(Cl)c4)c(=O)n3CC3CC3)C2)cs1. The molecule has 2 aromatic heterocycles. The molecule has 0 saturated heterocycles. The highest BCUT2D eigenvalue weighted by Gasteiger charge is 2.29. The predicted molar refractivity (Wildman–Crippen MR) is 126 cm³/mol. The monoisotopic (exact) mass is 471 g/mol. The lowest BCUT2D eigenvalue weighted by Crippen LogP contribution is -2.39. The Hall–Kier alpha value is -2.09. The second kappa shape index (κ2) is 8.45. The molecule has 0 radical (unpaired) electrons. The fourth-order valence-corrected chi connectivity index (χ4v) is 5.54. The molecule has 8 heteroatoms. The molecule has 1 aliphatic heterocycles. The number of carbonyl (C=O) groups excluding carboxylic acids is 1. The van der Waals surface area contributed by atoms with Crippen molar-refractivity contribution in [2.24, 2.45) is 5.92 Å². The van der Waals surface area contributed by atoms with Crippen molar-refractivity contribution in [1.29, 1.82) is 0 Å². The van der Waals surface area contributed by atoms with Crippen LogP contribution in [-0.2, 0) is 19.5 Å². The summed E-state index contributed by atoms with van der Waals surface area (Å²) >= 11 is 9.24. The second-order valence-corrected chi connectivity index (χ2v) is 10.4. The molecule has 3 aromatic rings. The van der Waals surface area contributed by atoms with Crippen LogP contribution in [0.3, 0.4) is 0 Å². The molecule has 0 bridgehead atoms. The van der Waals surface area contributed by atoms with Gasteiger partial charge in [-0.2, -0.15) is 0 Å². The van der Waals surface area contributed by atoms with E-state index in [-0.39, 0.29) is 11.5 Å². The average Bonchev–Trinajstić information content (AvgIpc) is 3.47. The summed E-state index contributed by atoms with van der Waals surface area (Å²) in [6, 6.07) is 9.38. The second-order valence-electron chi connectivity index (χ2n) is 8.08. The molecule has 1 fully saturated rings. The third-order valence-electron chi connectivity index (χ3n) is 5.91. The predicted octanol–water partition coefficient (Wildman–Crippen LogP) is 4.96. The first kappa shape index (κ1) is 20.8. The summed E-state index contributed by atoms with van der Waals surface area (Å²) in [7, 11) is 0. The number of halogens is 1. The summed E-state index contributed by atoms with van der Waals surface area (Å²) in [6.45, 7) is 1.84. The first-order valence-electron chi connectivity index (χ1n) is 10.3. The van der Waals surface area contributed by atoms with Crippen LogP contribution in [-0.4, -0.2) is 33.2 Å². The lowest BCUT2D eigenvalue weighted by atomic mass is 9.98. The Balaban J connectivity index is 1.53. The van der Waals surface area contributed by atoms with Gasteiger partial charge in [-0.25, -0.2) is 4.98 Å². The molecule has 3 heterocycles. The number of pyridine rings is 1. The maximum Gasteiger partial charge on any atom is 0.273 e. The summed E-state index contributed by atoms with van der Waals surface area (Å²) in [5.41, 5.74) is 4.10. The molecule has 0 unspecified atom stereocenters. The van der Waals surface area contributed by atoms with Crippen LogP contribution in [0.25, 0.3) is 11.1 Å². The summed E-state index contributed by atoms with van der Waals surface area (Å²) in [4.78, 5) is 32.7. The molecule has 1 aromatic carbocycles. The van der Waals surface area contributed by atoms with Crippen LogP contribution in [0.15, 0.2) is 44.8 Å². The van der Waals surface area contributed by atoms with Crippen molar-refractivity contribution in [2.45, 2.75) is 36.7 Å². The van der Waals surface area contributed by atoms with E-state index in [9.17, 15) is 9.59 Å². The van der Waals surface area contributed by atoms with Crippen LogP contribution in [0.1, 0.15) is 34.6 Å². The van der Waals surface area contributed by atoms with Crippen LogP contribution in [0.2, 0.25) is 5.02 Å². The largest absolute Gasteiger partial charge is 0.332 e. The minimum absolute atomic E-state index is 0.0387. The van der Waals surface area contributed by atoms with Crippen molar-refractivity contribution in [2.75, 3.05) is 12.8 Å². The minimum atomic E-state index is -0.0496. The maximum atomic E-state index is 13.4. The van der Waals surface area contributed by atoms with E-state index < -0.39 is 0 Å². The van der Waals surface area contributed by atoms with Gasteiger partial charge in [0.25, 0.3) is 11.5 Å². The molecule has 0 N–H and O–H groups in total. The number of aromatic nitrogens is 2. The number of fused-ring (bicyclic) bond motifs is 1. The normalized spacial score (nSPS) is 15.7. The van der Waals surface area contributed by atoms with Gasteiger partial charge >= 0.3 is 0 Å². The molecule has 1 amide bonds. The van der Waals surface area contributed by atoms with E-state index in [2.05, 4.69) is 4.98 Å². The summed E-state index contributed by atoms with van der Waals surface area (Å²) in [5.74, 6) is 0.530. The molecule has 2 aliphatic rings. The van der Waals surface area contributed by atoms with Crippen LogP contribution in [0, 0.1) is 5.92 Å². The van der Waals surface area contributed by atoms with Crippen LogP contribution >= 0.6 is 34.7 Å². The highest BCUT2D eigenvalue weighted by atomic mass is 35.5. The standard InChI is InChI=1S/C23H22ClN3O2S2/c1-30-23-25-19(13-31-23)22(29)26-8-7-20-16(12-26)10-18(15-3-2-4-17(24)9-15)21(28)27(20)11-14-5-6-14/h2-4,9-10,13-14H,5-8,11-12H2,1H3. The molecule has 1 aliphatic carbocycles. The van der Waals surface area contributed by atoms with E-state index in [0.717, 1.165) is 27.7 Å². The number of benzene rings is 1. The van der Waals surface area contributed by atoms with E-state index in [1.165, 1.54) is 24.2 Å². The highest BCUT2D eigenvalue weighted by Crippen LogP contribution is 2.33. The van der Waals surface area contributed by atoms with Gasteiger partial charge in [0.1, 0.15) is 10.0 Å². The highest BCUT2D eigenvalue weighted by molar-refractivity contribution is 8.00. The van der Waals surface area contributed by atoms with Crippen LogP contribution in [0.5, 0.6) is 0 Å². The number of amides is 1. The van der Waals surface area contributed by atoms with Crippen molar-refractivity contribution in [3.8, 4) is 11.1 Å². The van der Waals surface area contributed by atoms with Crippen molar-refractivity contribution in [3.05, 3.63) is 68.0 Å². The van der Waals surface area contributed by atoms with Crippen molar-refractivity contribution in [1.82, 2.24) is 14.5 Å². The van der Waals surface area contributed by atoms with Crippen molar-refractivity contribution < 1.29 is 4.79 Å². The Morgan fingerprint density at radius 3 is 2.87 bits per heavy atom. The van der Waals surface area contributed by atoms with Crippen LogP contribution in [0.4, 0.5) is 0 Å². The molecule has 31 heavy (non-hydrogen) atoms. The lowest BCUT2D eigenvalue weighted by molar-refractivity contribution is 0.0726. The van der Waals surface area contributed by atoms with Gasteiger partial charge in [-0.1, -0.05) is 35.5 Å². The Morgan fingerprint density at radius 2 is 2.16 bits per heavy atom. The number of hydrogen-bond donors (Lipinski definition) is 0. The summed E-state index contributed by atoms with van der Waals surface area (Å²) < 4.78 is 2.85. The maximum absolute atomic E-state index is 13.4. The Kier molecular flexibility index (Phi) is 5.67. The summed E-state index contributed by atoms with van der Waals surface area (Å²) in [6.07, 6.45) is 4.99. The average molecular weight is 472 g/mol.